The monoisotopic (exact) mass is 571 g/mol. The molecule has 2 N–H and O–H groups in total. The minimum atomic E-state index is -0.491. The standard InChI is InChI=1S/C30H23Cl2N5O3/c1-19-7-10-24(11-8-19)40-27-18-35-37(23-9-12-25(31)26(32)15-23)30(39)28(27)36-22-6-2-5-21(14-22)29(38)34-17-20-4-3-13-33-16-20/h2-16,18,36H,17H2,1H3,(H,34,38). The molecule has 0 radical (unpaired) electrons. The van der Waals surface area contributed by atoms with Gasteiger partial charge in [-0.05, 0) is 67.1 Å². The number of pyridine rings is 1. The highest BCUT2D eigenvalue weighted by Gasteiger charge is 2.17. The van der Waals surface area contributed by atoms with Gasteiger partial charge in [0.05, 0.1) is 21.9 Å². The van der Waals surface area contributed by atoms with Crippen LogP contribution in [0.5, 0.6) is 11.5 Å². The van der Waals surface area contributed by atoms with E-state index in [4.69, 9.17) is 27.9 Å². The highest BCUT2D eigenvalue weighted by Crippen LogP contribution is 2.30. The Bertz CT molecular complexity index is 1720. The van der Waals surface area contributed by atoms with Crippen LogP contribution >= 0.6 is 23.2 Å². The lowest BCUT2D eigenvalue weighted by Gasteiger charge is -2.15. The molecule has 0 aliphatic rings. The Balaban J connectivity index is 1.48. The number of anilines is 2. The van der Waals surface area contributed by atoms with Gasteiger partial charge in [0.2, 0.25) is 0 Å². The average Bonchev–Trinajstić information content (AvgIpc) is 2.97. The Labute approximate surface area is 240 Å². The molecule has 0 spiro atoms. The molecule has 0 aliphatic heterocycles. The predicted molar refractivity (Wildman–Crippen MR) is 156 cm³/mol. The van der Waals surface area contributed by atoms with E-state index in [1.54, 1.807) is 67.0 Å². The van der Waals surface area contributed by atoms with E-state index >= 15 is 0 Å². The molecule has 5 aromatic rings. The highest BCUT2D eigenvalue weighted by atomic mass is 35.5. The van der Waals surface area contributed by atoms with Crippen LogP contribution < -0.4 is 20.9 Å². The lowest BCUT2D eigenvalue weighted by molar-refractivity contribution is 0.0951. The summed E-state index contributed by atoms with van der Waals surface area (Å²) in [5.74, 6) is 0.467. The quantitative estimate of drug-likeness (QED) is 0.215. The molecule has 0 atom stereocenters. The van der Waals surface area contributed by atoms with Crippen LogP contribution in [0.1, 0.15) is 21.5 Å². The van der Waals surface area contributed by atoms with Crippen molar-refractivity contribution in [2.24, 2.45) is 0 Å². The normalized spacial score (nSPS) is 10.7. The first-order chi connectivity index (χ1) is 19.4. The molecule has 1 amide bonds. The van der Waals surface area contributed by atoms with Crippen molar-refractivity contribution in [1.29, 1.82) is 0 Å². The molecule has 40 heavy (non-hydrogen) atoms. The minimum Gasteiger partial charge on any atom is -0.453 e. The smallest absolute Gasteiger partial charge is 0.299 e. The van der Waals surface area contributed by atoms with Gasteiger partial charge in [0, 0.05) is 30.2 Å². The fourth-order valence-corrected chi connectivity index (χ4v) is 4.13. The van der Waals surface area contributed by atoms with Gasteiger partial charge in [-0.15, -0.1) is 0 Å². The summed E-state index contributed by atoms with van der Waals surface area (Å²) in [6.07, 6.45) is 4.80. The Morgan fingerprint density at radius 1 is 0.950 bits per heavy atom. The van der Waals surface area contributed by atoms with Crippen molar-refractivity contribution in [1.82, 2.24) is 20.1 Å². The number of amides is 1. The summed E-state index contributed by atoms with van der Waals surface area (Å²) in [7, 11) is 0. The lowest BCUT2D eigenvalue weighted by atomic mass is 10.1. The number of carbonyl (C=O) groups excluding carboxylic acids is 1. The van der Waals surface area contributed by atoms with Crippen LogP contribution in [-0.2, 0) is 6.54 Å². The van der Waals surface area contributed by atoms with Crippen molar-refractivity contribution in [3.63, 3.8) is 0 Å². The molecule has 8 nitrogen and oxygen atoms in total. The average molecular weight is 572 g/mol. The molecule has 10 heteroatoms. The largest absolute Gasteiger partial charge is 0.453 e. The molecule has 0 fully saturated rings. The molecule has 0 unspecified atom stereocenters. The highest BCUT2D eigenvalue weighted by molar-refractivity contribution is 6.42. The number of aromatic nitrogens is 3. The zero-order valence-electron chi connectivity index (χ0n) is 21.3. The van der Waals surface area contributed by atoms with E-state index in [0.717, 1.165) is 11.1 Å². The summed E-state index contributed by atoms with van der Waals surface area (Å²) in [6, 6.07) is 22.7. The molecule has 2 aromatic heterocycles. The van der Waals surface area contributed by atoms with Gasteiger partial charge < -0.3 is 15.4 Å². The number of nitrogens with one attached hydrogen (secondary N) is 2. The summed E-state index contributed by atoms with van der Waals surface area (Å²) in [5, 5.41) is 10.9. The number of aryl methyl sites for hydroxylation is 1. The molecule has 2 heterocycles. The van der Waals surface area contributed by atoms with Crippen LogP contribution in [-0.4, -0.2) is 20.7 Å². The number of hydrogen-bond acceptors (Lipinski definition) is 6. The summed E-state index contributed by atoms with van der Waals surface area (Å²) >= 11 is 12.3. The first-order valence-electron chi connectivity index (χ1n) is 12.2. The molecular formula is C30H23Cl2N5O3. The van der Waals surface area contributed by atoms with Crippen molar-refractivity contribution in [3.05, 3.63) is 135 Å². The van der Waals surface area contributed by atoms with Gasteiger partial charge in [0.15, 0.2) is 11.4 Å². The van der Waals surface area contributed by atoms with Crippen LogP contribution in [0.2, 0.25) is 10.0 Å². The number of carbonyl (C=O) groups is 1. The minimum absolute atomic E-state index is 0.120. The molecule has 200 valence electrons. The van der Waals surface area contributed by atoms with Gasteiger partial charge in [-0.1, -0.05) is 53.0 Å². The molecule has 0 saturated heterocycles. The lowest BCUT2D eigenvalue weighted by Crippen LogP contribution is -2.24. The van der Waals surface area contributed by atoms with Gasteiger partial charge in [0.25, 0.3) is 11.5 Å². The van der Waals surface area contributed by atoms with Crippen LogP contribution in [0.3, 0.4) is 0 Å². The maximum Gasteiger partial charge on any atom is 0.299 e. The van der Waals surface area contributed by atoms with E-state index in [2.05, 4.69) is 20.7 Å². The van der Waals surface area contributed by atoms with Gasteiger partial charge >= 0.3 is 0 Å². The summed E-state index contributed by atoms with van der Waals surface area (Å²) in [6.45, 7) is 2.30. The van der Waals surface area contributed by atoms with Crippen LogP contribution in [0, 0.1) is 6.92 Å². The Morgan fingerprint density at radius 2 is 1.77 bits per heavy atom. The summed E-state index contributed by atoms with van der Waals surface area (Å²) in [5.41, 5.74) is 2.91. The summed E-state index contributed by atoms with van der Waals surface area (Å²) in [4.78, 5) is 30.6. The molecule has 5 rings (SSSR count). The third-order valence-electron chi connectivity index (χ3n) is 5.91. The van der Waals surface area contributed by atoms with Crippen LogP contribution in [0.25, 0.3) is 5.69 Å². The fourth-order valence-electron chi connectivity index (χ4n) is 3.83. The van der Waals surface area contributed by atoms with E-state index in [1.807, 2.05) is 31.2 Å². The maximum absolute atomic E-state index is 13.7. The van der Waals surface area contributed by atoms with Gasteiger partial charge in [-0.2, -0.15) is 9.78 Å². The fraction of sp³-hybridized carbons (Fsp3) is 0.0667. The van der Waals surface area contributed by atoms with E-state index in [-0.39, 0.29) is 22.4 Å². The number of rotatable bonds is 8. The zero-order chi connectivity index (χ0) is 28.1. The van der Waals surface area contributed by atoms with Crippen LogP contribution in [0.15, 0.2) is 102 Å². The molecule has 3 aromatic carbocycles. The number of hydrogen-bond donors (Lipinski definition) is 2. The van der Waals surface area contributed by atoms with Crippen molar-refractivity contribution < 1.29 is 9.53 Å². The predicted octanol–water partition coefficient (Wildman–Crippen LogP) is 6.71. The molecule has 0 aliphatic carbocycles. The second kappa shape index (κ2) is 12.0. The van der Waals surface area contributed by atoms with Gasteiger partial charge in [-0.25, -0.2) is 0 Å². The second-order valence-corrected chi connectivity index (χ2v) is 9.68. The Kier molecular flexibility index (Phi) is 8.10. The molecule has 0 saturated carbocycles. The Hall–Kier alpha value is -4.66. The number of nitrogens with zero attached hydrogens (tertiary/aromatic N) is 3. The first-order valence-corrected chi connectivity index (χ1v) is 13.0. The SMILES string of the molecule is Cc1ccc(Oc2cnn(-c3ccc(Cl)c(Cl)c3)c(=O)c2Nc2cccc(C(=O)NCc3cccnc3)c2)cc1. The molecular weight excluding hydrogens is 549 g/mol. The third-order valence-corrected chi connectivity index (χ3v) is 6.65. The van der Waals surface area contributed by atoms with Gasteiger partial charge in [0.1, 0.15) is 5.75 Å². The van der Waals surface area contributed by atoms with Crippen molar-refractivity contribution in [3.8, 4) is 17.2 Å². The first kappa shape index (κ1) is 26.9. The number of halogens is 2. The second-order valence-electron chi connectivity index (χ2n) is 8.86. The molecule has 0 bridgehead atoms. The van der Waals surface area contributed by atoms with E-state index in [9.17, 15) is 9.59 Å². The topological polar surface area (TPSA) is 98.1 Å². The van der Waals surface area contributed by atoms with Crippen molar-refractivity contribution in [2.45, 2.75) is 13.5 Å². The summed E-state index contributed by atoms with van der Waals surface area (Å²) < 4.78 is 7.24. The number of benzene rings is 3. The van der Waals surface area contributed by atoms with Crippen LogP contribution in [0.4, 0.5) is 11.4 Å². The van der Waals surface area contributed by atoms with E-state index in [0.29, 0.717) is 34.3 Å². The van der Waals surface area contributed by atoms with E-state index in [1.165, 1.54) is 10.9 Å². The Morgan fingerprint density at radius 3 is 2.52 bits per heavy atom. The maximum atomic E-state index is 13.7. The van der Waals surface area contributed by atoms with E-state index < -0.39 is 5.56 Å². The zero-order valence-corrected chi connectivity index (χ0v) is 22.8. The van der Waals surface area contributed by atoms with Crippen molar-refractivity contribution >= 4 is 40.5 Å². The number of ether oxygens (including phenoxy) is 1. The van der Waals surface area contributed by atoms with Crippen molar-refractivity contribution in [2.75, 3.05) is 5.32 Å². The third kappa shape index (κ3) is 6.31. The van der Waals surface area contributed by atoms with Gasteiger partial charge in [-0.3, -0.25) is 14.6 Å².